The average molecular weight is 295 g/mol. The molecule has 22 heavy (non-hydrogen) atoms. The van der Waals surface area contributed by atoms with Gasteiger partial charge in [0.2, 0.25) is 0 Å². The van der Waals surface area contributed by atoms with Crippen LogP contribution in [0.4, 0.5) is 11.4 Å². The lowest BCUT2D eigenvalue weighted by atomic mass is 10.1. The molecule has 0 bridgehead atoms. The minimum atomic E-state index is -0.125. The van der Waals surface area contributed by atoms with Crippen molar-refractivity contribution < 1.29 is 9.59 Å². The largest absolute Gasteiger partial charge is 0.354 e. The highest BCUT2D eigenvalue weighted by Crippen LogP contribution is 2.20. The molecule has 0 atom stereocenters. The van der Waals surface area contributed by atoms with E-state index in [1.54, 1.807) is 24.4 Å². The Morgan fingerprint density at radius 1 is 1.05 bits per heavy atom. The molecule has 5 nitrogen and oxygen atoms in total. The lowest BCUT2D eigenvalue weighted by Crippen LogP contribution is -2.26. The van der Waals surface area contributed by atoms with E-state index in [-0.39, 0.29) is 11.7 Å². The van der Waals surface area contributed by atoms with Gasteiger partial charge >= 0.3 is 0 Å². The number of rotatable bonds is 5. The number of benzene rings is 1. The Morgan fingerprint density at radius 3 is 2.27 bits per heavy atom. The highest BCUT2D eigenvalue weighted by atomic mass is 16.2. The highest BCUT2D eigenvalue weighted by molar-refractivity contribution is 5.94. The second-order valence-electron chi connectivity index (χ2n) is 5.44. The maximum Gasteiger partial charge on any atom is 0.270 e. The van der Waals surface area contributed by atoms with E-state index < -0.39 is 0 Å². The fourth-order valence-electron chi connectivity index (χ4n) is 2.04. The van der Waals surface area contributed by atoms with Crippen molar-refractivity contribution in [3.63, 3.8) is 0 Å². The molecule has 1 saturated carbocycles. The molecule has 1 amide bonds. The molecule has 1 aromatic heterocycles. The summed E-state index contributed by atoms with van der Waals surface area (Å²) in [6.45, 7) is 1.54. The van der Waals surface area contributed by atoms with Crippen molar-refractivity contribution in [2.45, 2.75) is 25.8 Å². The number of carbonyl (C=O) groups excluding carboxylic acids is 2. The van der Waals surface area contributed by atoms with Crippen molar-refractivity contribution in [3.8, 4) is 0 Å². The number of carbonyl (C=O) groups is 2. The summed E-state index contributed by atoms with van der Waals surface area (Å²) >= 11 is 0. The molecule has 5 heteroatoms. The molecule has 112 valence electrons. The summed E-state index contributed by atoms with van der Waals surface area (Å²) in [5, 5.41) is 6.09. The summed E-state index contributed by atoms with van der Waals surface area (Å²) in [4.78, 5) is 27.2. The van der Waals surface area contributed by atoms with Crippen molar-refractivity contribution in [2.24, 2.45) is 0 Å². The first-order chi connectivity index (χ1) is 10.6. The molecule has 1 fully saturated rings. The van der Waals surface area contributed by atoms with E-state index in [2.05, 4.69) is 15.6 Å². The van der Waals surface area contributed by atoms with Crippen LogP contribution in [0.3, 0.4) is 0 Å². The zero-order valence-corrected chi connectivity index (χ0v) is 12.3. The first-order valence-electron chi connectivity index (χ1n) is 7.27. The van der Waals surface area contributed by atoms with Gasteiger partial charge in [-0.2, -0.15) is 0 Å². The number of hydrogen-bond acceptors (Lipinski definition) is 4. The average Bonchev–Trinajstić information content (AvgIpc) is 3.32. The van der Waals surface area contributed by atoms with Crippen molar-refractivity contribution in [1.82, 2.24) is 10.3 Å². The normalized spacial score (nSPS) is 13.5. The summed E-state index contributed by atoms with van der Waals surface area (Å²) in [6, 6.07) is 11.1. The lowest BCUT2D eigenvalue weighted by molar-refractivity contribution is 0.0945. The van der Waals surface area contributed by atoms with Gasteiger partial charge in [0, 0.05) is 17.3 Å². The van der Waals surface area contributed by atoms with Gasteiger partial charge in [-0.25, -0.2) is 4.98 Å². The van der Waals surface area contributed by atoms with Gasteiger partial charge in [-0.05, 0) is 56.2 Å². The Morgan fingerprint density at radius 2 is 1.73 bits per heavy atom. The number of nitrogens with zero attached hydrogens (tertiary/aromatic N) is 1. The lowest BCUT2D eigenvalue weighted by Gasteiger charge is -2.08. The highest BCUT2D eigenvalue weighted by Gasteiger charge is 2.24. The van der Waals surface area contributed by atoms with Gasteiger partial charge in [0.15, 0.2) is 5.78 Å². The monoisotopic (exact) mass is 295 g/mol. The number of pyridine rings is 1. The Labute approximate surface area is 128 Å². The summed E-state index contributed by atoms with van der Waals surface area (Å²) < 4.78 is 0. The number of amides is 1. The van der Waals surface area contributed by atoms with Crippen molar-refractivity contribution in [3.05, 3.63) is 53.9 Å². The molecule has 0 aliphatic heterocycles. The van der Waals surface area contributed by atoms with Gasteiger partial charge in [0.1, 0.15) is 5.69 Å². The van der Waals surface area contributed by atoms with Gasteiger partial charge in [0.05, 0.1) is 11.9 Å². The number of Topliss-reactive ketones (excluding diaryl/α,β-unsaturated/α-hetero) is 1. The predicted molar refractivity (Wildman–Crippen MR) is 84.5 cm³/mol. The van der Waals surface area contributed by atoms with E-state index in [1.807, 2.05) is 18.2 Å². The first-order valence-corrected chi connectivity index (χ1v) is 7.27. The van der Waals surface area contributed by atoms with Crippen LogP contribution in [0.5, 0.6) is 0 Å². The van der Waals surface area contributed by atoms with Crippen LogP contribution in [0.1, 0.15) is 40.6 Å². The summed E-state index contributed by atoms with van der Waals surface area (Å²) in [5.41, 5.74) is 2.75. The molecule has 3 rings (SSSR count). The van der Waals surface area contributed by atoms with Crippen LogP contribution in [-0.2, 0) is 0 Å². The van der Waals surface area contributed by atoms with Gasteiger partial charge < -0.3 is 10.6 Å². The SMILES string of the molecule is CC(=O)c1ccc(Nc2ccc(C(=O)NC3CC3)nc2)cc1. The van der Waals surface area contributed by atoms with Crippen LogP contribution in [0, 0.1) is 0 Å². The quantitative estimate of drug-likeness (QED) is 0.832. The third-order valence-electron chi connectivity index (χ3n) is 3.49. The molecule has 1 heterocycles. The molecule has 1 aromatic carbocycles. The molecule has 1 aliphatic carbocycles. The van der Waals surface area contributed by atoms with E-state index >= 15 is 0 Å². The van der Waals surface area contributed by atoms with Crippen molar-refractivity contribution in [2.75, 3.05) is 5.32 Å². The van der Waals surface area contributed by atoms with Gasteiger partial charge in [-0.1, -0.05) is 0 Å². The fraction of sp³-hybridized carbons (Fsp3) is 0.235. The van der Waals surface area contributed by atoms with Crippen LogP contribution in [0.15, 0.2) is 42.6 Å². The standard InChI is InChI=1S/C17H17N3O2/c1-11(21)12-2-4-13(5-3-12)19-15-8-9-16(18-10-15)17(22)20-14-6-7-14/h2-5,8-10,14,19H,6-7H2,1H3,(H,20,22). The molecule has 0 saturated heterocycles. The Kier molecular flexibility index (Phi) is 3.87. The van der Waals surface area contributed by atoms with Crippen LogP contribution in [0.25, 0.3) is 0 Å². The zero-order chi connectivity index (χ0) is 15.5. The van der Waals surface area contributed by atoms with Gasteiger partial charge in [-0.3, -0.25) is 9.59 Å². The fourth-order valence-corrected chi connectivity index (χ4v) is 2.04. The van der Waals surface area contributed by atoms with E-state index in [0.717, 1.165) is 24.2 Å². The molecule has 2 aromatic rings. The molecule has 2 N–H and O–H groups in total. The topological polar surface area (TPSA) is 71.1 Å². The minimum Gasteiger partial charge on any atom is -0.354 e. The maximum absolute atomic E-state index is 11.8. The van der Waals surface area contributed by atoms with Crippen LogP contribution >= 0.6 is 0 Å². The molecule has 0 spiro atoms. The molecular weight excluding hydrogens is 278 g/mol. The third-order valence-corrected chi connectivity index (χ3v) is 3.49. The van der Waals surface area contributed by atoms with Gasteiger partial charge in [0.25, 0.3) is 5.91 Å². The van der Waals surface area contributed by atoms with Gasteiger partial charge in [-0.15, -0.1) is 0 Å². The first kappa shape index (κ1) is 14.3. The van der Waals surface area contributed by atoms with E-state index in [9.17, 15) is 9.59 Å². The molecule has 0 unspecified atom stereocenters. The minimum absolute atomic E-state index is 0.0410. The predicted octanol–water partition coefficient (Wildman–Crippen LogP) is 2.92. The van der Waals surface area contributed by atoms with Crippen molar-refractivity contribution in [1.29, 1.82) is 0 Å². The number of ketones is 1. The second kappa shape index (κ2) is 5.97. The summed E-state index contributed by atoms with van der Waals surface area (Å²) in [6.07, 6.45) is 3.74. The summed E-state index contributed by atoms with van der Waals surface area (Å²) in [7, 11) is 0. The van der Waals surface area contributed by atoms with Crippen LogP contribution in [0.2, 0.25) is 0 Å². The number of hydrogen-bond donors (Lipinski definition) is 2. The number of anilines is 2. The van der Waals surface area contributed by atoms with E-state index in [0.29, 0.717) is 17.3 Å². The van der Waals surface area contributed by atoms with Crippen LogP contribution < -0.4 is 10.6 Å². The Hall–Kier alpha value is -2.69. The van der Waals surface area contributed by atoms with E-state index in [4.69, 9.17) is 0 Å². The molecular formula is C17H17N3O2. The Bertz CT molecular complexity index is 689. The zero-order valence-electron chi connectivity index (χ0n) is 12.3. The second-order valence-corrected chi connectivity index (χ2v) is 5.44. The number of nitrogens with one attached hydrogen (secondary N) is 2. The van der Waals surface area contributed by atoms with Crippen LogP contribution in [-0.4, -0.2) is 22.7 Å². The molecule has 0 radical (unpaired) electrons. The third kappa shape index (κ3) is 3.49. The molecule has 1 aliphatic rings. The number of aromatic nitrogens is 1. The van der Waals surface area contributed by atoms with Crippen molar-refractivity contribution >= 4 is 23.1 Å². The Balaban J connectivity index is 1.64. The maximum atomic E-state index is 11.8. The van der Waals surface area contributed by atoms with E-state index in [1.165, 1.54) is 6.92 Å². The smallest absolute Gasteiger partial charge is 0.270 e. The summed E-state index contributed by atoms with van der Waals surface area (Å²) in [5.74, 6) is -0.0842.